The van der Waals surface area contributed by atoms with Crippen molar-refractivity contribution < 1.29 is 19.1 Å². The minimum absolute atomic E-state index is 0.0440. The Bertz CT molecular complexity index is 817. The number of nitrogens with zero attached hydrogens (tertiary/aromatic N) is 1. The van der Waals surface area contributed by atoms with Crippen LogP contribution in [0.3, 0.4) is 0 Å². The van der Waals surface area contributed by atoms with Crippen LogP contribution in [0.2, 0.25) is 0 Å². The first kappa shape index (κ1) is 17.6. The summed E-state index contributed by atoms with van der Waals surface area (Å²) in [6.07, 6.45) is 1.18. The van der Waals surface area contributed by atoms with Gasteiger partial charge in [-0.3, -0.25) is 4.79 Å². The lowest BCUT2D eigenvalue weighted by atomic mass is 9.98. The monoisotopic (exact) mass is 365 g/mol. The fraction of sp³-hybridized carbons (Fsp3) is 0.364. The molecule has 1 fully saturated rings. The molecule has 1 aliphatic heterocycles. The molecule has 1 aliphatic carbocycles. The quantitative estimate of drug-likeness (QED) is 0.776. The van der Waals surface area contributed by atoms with Crippen molar-refractivity contribution in [2.75, 3.05) is 26.8 Å². The Morgan fingerprint density at radius 1 is 1.04 bits per heavy atom. The molecule has 2 aromatic carbocycles. The SMILES string of the molecule is COC(=O)[C@H]1CCCN(C(=O)OCC2c3ccccc3-c3ccccc32)C1. The fourth-order valence-electron chi connectivity index (χ4n) is 4.19. The molecular weight excluding hydrogens is 342 g/mol. The summed E-state index contributed by atoms with van der Waals surface area (Å²) in [4.78, 5) is 26.0. The number of rotatable bonds is 3. The van der Waals surface area contributed by atoms with E-state index in [2.05, 4.69) is 24.3 Å². The Labute approximate surface area is 158 Å². The van der Waals surface area contributed by atoms with Crippen LogP contribution >= 0.6 is 0 Å². The Morgan fingerprint density at radius 3 is 2.30 bits per heavy atom. The van der Waals surface area contributed by atoms with E-state index in [0.717, 1.165) is 12.8 Å². The van der Waals surface area contributed by atoms with Gasteiger partial charge in [0, 0.05) is 19.0 Å². The standard InChI is InChI=1S/C22H23NO4/c1-26-21(24)15-7-6-12-23(13-15)22(25)27-14-20-18-10-4-2-8-16(18)17-9-3-5-11-19(17)20/h2-5,8-11,15,20H,6-7,12-14H2,1H3/t15-/m0/s1. The van der Waals surface area contributed by atoms with Gasteiger partial charge in [0.2, 0.25) is 0 Å². The van der Waals surface area contributed by atoms with E-state index in [9.17, 15) is 9.59 Å². The van der Waals surface area contributed by atoms with Gasteiger partial charge in [0.15, 0.2) is 0 Å². The van der Waals surface area contributed by atoms with Gasteiger partial charge in [0.1, 0.15) is 6.61 Å². The van der Waals surface area contributed by atoms with E-state index in [1.54, 1.807) is 4.90 Å². The molecule has 0 spiro atoms. The van der Waals surface area contributed by atoms with Gasteiger partial charge in [0.05, 0.1) is 13.0 Å². The number of carbonyl (C=O) groups excluding carboxylic acids is 2. The number of carbonyl (C=O) groups is 2. The maximum Gasteiger partial charge on any atom is 0.409 e. The Kier molecular flexibility index (Phi) is 4.84. The first-order valence-corrected chi connectivity index (χ1v) is 9.36. The van der Waals surface area contributed by atoms with Crippen LogP contribution in [-0.2, 0) is 14.3 Å². The second kappa shape index (κ2) is 7.43. The van der Waals surface area contributed by atoms with Crippen LogP contribution in [-0.4, -0.2) is 43.8 Å². The molecule has 5 nitrogen and oxygen atoms in total. The Hall–Kier alpha value is -2.82. The smallest absolute Gasteiger partial charge is 0.409 e. The largest absolute Gasteiger partial charge is 0.469 e. The zero-order valence-corrected chi connectivity index (χ0v) is 15.4. The molecule has 5 heteroatoms. The summed E-state index contributed by atoms with van der Waals surface area (Å²) in [5.41, 5.74) is 4.80. The second-order valence-electron chi connectivity index (χ2n) is 7.11. The van der Waals surface area contributed by atoms with Crippen molar-refractivity contribution in [3.63, 3.8) is 0 Å². The predicted octanol–water partition coefficient (Wildman–Crippen LogP) is 3.82. The molecule has 140 valence electrons. The number of likely N-dealkylation sites (tertiary alicyclic amines) is 1. The third-order valence-corrected chi connectivity index (χ3v) is 5.55. The van der Waals surface area contributed by atoms with Gasteiger partial charge in [-0.1, -0.05) is 48.5 Å². The lowest BCUT2D eigenvalue weighted by Crippen LogP contribution is -2.43. The molecule has 1 heterocycles. The first-order valence-electron chi connectivity index (χ1n) is 9.36. The van der Waals surface area contributed by atoms with Crippen LogP contribution < -0.4 is 0 Å². The van der Waals surface area contributed by atoms with Crippen molar-refractivity contribution in [1.82, 2.24) is 4.90 Å². The molecule has 0 bridgehead atoms. The van der Waals surface area contributed by atoms with Crippen molar-refractivity contribution in [2.45, 2.75) is 18.8 Å². The number of ether oxygens (including phenoxy) is 2. The summed E-state index contributed by atoms with van der Waals surface area (Å²) in [6.45, 7) is 1.28. The average molecular weight is 365 g/mol. The predicted molar refractivity (Wildman–Crippen MR) is 101 cm³/mol. The van der Waals surface area contributed by atoms with Gasteiger partial charge in [-0.05, 0) is 35.1 Å². The second-order valence-corrected chi connectivity index (χ2v) is 7.11. The number of piperidine rings is 1. The fourth-order valence-corrected chi connectivity index (χ4v) is 4.19. The van der Waals surface area contributed by atoms with Crippen LogP contribution in [0.5, 0.6) is 0 Å². The number of amides is 1. The number of hydrogen-bond donors (Lipinski definition) is 0. The number of methoxy groups -OCH3 is 1. The van der Waals surface area contributed by atoms with E-state index in [1.807, 2.05) is 24.3 Å². The van der Waals surface area contributed by atoms with Gasteiger partial charge in [-0.15, -0.1) is 0 Å². The molecule has 1 amide bonds. The molecule has 0 N–H and O–H groups in total. The van der Waals surface area contributed by atoms with E-state index < -0.39 is 0 Å². The normalized spacial score (nSPS) is 18.6. The van der Waals surface area contributed by atoms with Gasteiger partial charge in [0.25, 0.3) is 0 Å². The zero-order chi connectivity index (χ0) is 18.8. The Morgan fingerprint density at radius 2 is 1.67 bits per heavy atom. The van der Waals surface area contributed by atoms with Gasteiger partial charge in [-0.25, -0.2) is 4.79 Å². The molecule has 0 radical (unpaired) electrons. The lowest BCUT2D eigenvalue weighted by molar-refractivity contribution is -0.147. The highest BCUT2D eigenvalue weighted by Gasteiger charge is 2.32. The summed E-state index contributed by atoms with van der Waals surface area (Å²) < 4.78 is 10.5. The maximum absolute atomic E-state index is 12.6. The topological polar surface area (TPSA) is 55.8 Å². The van der Waals surface area contributed by atoms with Crippen molar-refractivity contribution >= 4 is 12.1 Å². The van der Waals surface area contributed by atoms with Crippen LogP contribution in [0.25, 0.3) is 11.1 Å². The minimum atomic E-state index is -0.356. The molecule has 0 aromatic heterocycles. The molecule has 1 atom stereocenters. The van der Waals surface area contributed by atoms with Crippen molar-refractivity contribution in [2.24, 2.45) is 5.92 Å². The third-order valence-electron chi connectivity index (χ3n) is 5.55. The lowest BCUT2D eigenvalue weighted by Gasteiger charge is -2.31. The molecule has 0 unspecified atom stereocenters. The van der Waals surface area contributed by atoms with Crippen LogP contribution in [0.4, 0.5) is 4.79 Å². The molecule has 2 aliphatic rings. The highest BCUT2D eigenvalue weighted by Crippen LogP contribution is 2.44. The number of hydrogen-bond acceptors (Lipinski definition) is 4. The highest BCUT2D eigenvalue weighted by molar-refractivity contribution is 5.79. The van der Waals surface area contributed by atoms with Crippen LogP contribution in [0.1, 0.15) is 29.9 Å². The van der Waals surface area contributed by atoms with Gasteiger partial charge in [-0.2, -0.15) is 0 Å². The highest BCUT2D eigenvalue weighted by atomic mass is 16.6. The van der Waals surface area contributed by atoms with Gasteiger partial charge < -0.3 is 14.4 Å². The van der Waals surface area contributed by atoms with Crippen molar-refractivity contribution in [3.05, 3.63) is 59.7 Å². The van der Waals surface area contributed by atoms with Crippen molar-refractivity contribution in [1.29, 1.82) is 0 Å². The average Bonchev–Trinajstić information content (AvgIpc) is 3.05. The van der Waals surface area contributed by atoms with E-state index in [-0.39, 0.29) is 23.9 Å². The summed E-state index contributed by atoms with van der Waals surface area (Å²) in [6, 6.07) is 16.5. The van der Waals surface area contributed by atoms with E-state index in [0.29, 0.717) is 19.7 Å². The van der Waals surface area contributed by atoms with E-state index >= 15 is 0 Å². The molecule has 4 rings (SSSR count). The molecule has 0 saturated carbocycles. The number of fused-ring (bicyclic) bond motifs is 3. The van der Waals surface area contributed by atoms with Crippen molar-refractivity contribution in [3.8, 4) is 11.1 Å². The summed E-state index contributed by atoms with van der Waals surface area (Å²) in [5.74, 6) is -0.474. The zero-order valence-electron chi connectivity index (χ0n) is 15.4. The van der Waals surface area contributed by atoms with Gasteiger partial charge >= 0.3 is 12.1 Å². The molecule has 27 heavy (non-hydrogen) atoms. The number of benzene rings is 2. The summed E-state index contributed by atoms with van der Waals surface area (Å²) >= 11 is 0. The van der Waals surface area contributed by atoms with E-state index in [1.165, 1.54) is 29.4 Å². The molecule has 1 saturated heterocycles. The molecule has 2 aromatic rings. The maximum atomic E-state index is 12.6. The van der Waals surface area contributed by atoms with Crippen LogP contribution in [0.15, 0.2) is 48.5 Å². The van der Waals surface area contributed by atoms with E-state index in [4.69, 9.17) is 9.47 Å². The third kappa shape index (κ3) is 3.29. The van der Waals surface area contributed by atoms with Crippen LogP contribution in [0, 0.1) is 5.92 Å². The summed E-state index contributed by atoms with van der Waals surface area (Å²) in [7, 11) is 1.38. The minimum Gasteiger partial charge on any atom is -0.469 e. The summed E-state index contributed by atoms with van der Waals surface area (Å²) in [5, 5.41) is 0. The molecular formula is C22H23NO4. The number of esters is 1. The Balaban J connectivity index is 1.46. The first-order chi connectivity index (χ1) is 13.2.